The van der Waals surface area contributed by atoms with Crippen LogP contribution in [-0.2, 0) is 6.42 Å². The van der Waals surface area contributed by atoms with Crippen molar-refractivity contribution in [2.45, 2.75) is 6.42 Å². The molecule has 0 aliphatic heterocycles. The van der Waals surface area contributed by atoms with Gasteiger partial charge in [-0.05, 0) is 12.1 Å². The number of anilines is 2. The minimum absolute atomic E-state index is 0.217. The van der Waals surface area contributed by atoms with E-state index in [2.05, 4.69) is 25.0 Å². The van der Waals surface area contributed by atoms with Gasteiger partial charge < -0.3 is 15.6 Å². The average molecular weight is 230 g/mol. The highest BCUT2D eigenvalue weighted by atomic mass is 16.5. The second kappa shape index (κ2) is 4.94. The number of nitriles is 1. The van der Waals surface area contributed by atoms with Gasteiger partial charge in [-0.3, -0.25) is 0 Å². The first kappa shape index (κ1) is 10.9. The van der Waals surface area contributed by atoms with Gasteiger partial charge in [-0.1, -0.05) is 5.16 Å². The zero-order chi connectivity index (χ0) is 12.1. The molecule has 0 unspecified atom stereocenters. The molecule has 2 aromatic heterocycles. The molecule has 7 heteroatoms. The molecular weight excluding hydrogens is 220 g/mol. The number of nitrogens with one attached hydrogen (secondary N) is 1. The third-order valence-corrected chi connectivity index (χ3v) is 2.09. The lowest BCUT2D eigenvalue weighted by molar-refractivity contribution is 0.410. The van der Waals surface area contributed by atoms with Crippen LogP contribution in [0.2, 0.25) is 0 Å². The van der Waals surface area contributed by atoms with Gasteiger partial charge in [0.25, 0.3) is 0 Å². The Morgan fingerprint density at radius 3 is 3.06 bits per heavy atom. The minimum Gasteiger partial charge on any atom is -0.396 e. The van der Waals surface area contributed by atoms with Crippen LogP contribution in [0.25, 0.3) is 0 Å². The molecule has 0 atom stereocenters. The van der Waals surface area contributed by atoms with Crippen molar-refractivity contribution >= 4 is 11.5 Å². The Kier molecular flexibility index (Phi) is 3.16. The zero-order valence-corrected chi connectivity index (χ0v) is 8.92. The lowest BCUT2D eigenvalue weighted by Gasteiger charge is -2.04. The van der Waals surface area contributed by atoms with Crippen molar-refractivity contribution in [2.24, 2.45) is 0 Å². The Hall–Kier alpha value is -2.62. The number of nitrogens with two attached hydrogens (primary N) is 1. The molecule has 2 aromatic rings. The first-order valence-electron chi connectivity index (χ1n) is 4.95. The molecule has 2 heterocycles. The number of aromatic nitrogens is 3. The molecule has 0 aliphatic rings. The molecule has 0 bridgehead atoms. The topological polar surface area (TPSA) is 114 Å². The highest BCUT2D eigenvalue weighted by molar-refractivity contribution is 5.54. The molecule has 17 heavy (non-hydrogen) atoms. The van der Waals surface area contributed by atoms with E-state index in [-0.39, 0.29) is 5.69 Å². The summed E-state index contributed by atoms with van der Waals surface area (Å²) in [7, 11) is 0. The van der Waals surface area contributed by atoms with E-state index in [1.165, 1.54) is 6.39 Å². The third-order valence-electron chi connectivity index (χ3n) is 2.09. The summed E-state index contributed by atoms with van der Waals surface area (Å²) >= 11 is 0. The Labute approximate surface area is 97.3 Å². The fourth-order valence-corrected chi connectivity index (χ4v) is 1.26. The van der Waals surface area contributed by atoms with Gasteiger partial charge in [0.05, 0.1) is 5.69 Å². The number of hydrogen-bond donors (Lipinski definition) is 2. The number of pyridine rings is 1. The standard InChI is InChI=1S/C10H10N6O/c11-5-8-7(12)1-2-9(15-8)13-4-3-10-14-6-17-16-10/h1-2,6H,3-4,12H2,(H,13,15). The van der Waals surface area contributed by atoms with E-state index in [4.69, 9.17) is 11.0 Å². The minimum atomic E-state index is 0.217. The molecule has 0 saturated carbocycles. The maximum Gasteiger partial charge on any atom is 0.213 e. The summed E-state index contributed by atoms with van der Waals surface area (Å²) in [6, 6.07) is 5.28. The van der Waals surface area contributed by atoms with Crippen LogP contribution in [-0.4, -0.2) is 21.7 Å². The second-order valence-corrected chi connectivity index (χ2v) is 3.27. The molecule has 0 radical (unpaired) electrons. The van der Waals surface area contributed by atoms with Gasteiger partial charge in [0.1, 0.15) is 11.9 Å². The molecule has 2 rings (SSSR count). The zero-order valence-electron chi connectivity index (χ0n) is 8.92. The maximum atomic E-state index is 8.77. The van der Waals surface area contributed by atoms with Gasteiger partial charge in [0.15, 0.2) is 11.5 Å². The summed E-state index contributed by atoms with van der Waals surface area (Å²) in [5, 5.41) is 15.5. The molecule has 0 aliphatic carbocycles. The van der Waals surface area contributed by atoms with Crippen molar-refractivity contribution in [3.05, 3.63) is 30.0 Å². The van der Waals surface area contributed by atoms with Crippen LogP contribution in [0.5, 0.6) is 0 Å². The van der Waals surface area contributed by atoms with E-state index in [0.717, 1.165) is 0 Å². The largest absolute Gasteiger partial charge is 0.396 e. The molecule has 0 fully saturated rings. The normalized spacial score (nSPS) is 9.82. The average Bonchev–Trinajstić information content (AvgIpc) is 2.84. The molecular formula is C10H10N6O. The van der Waals surface area contributed by atoms with Crippen LogP contribution in [0.3, 0.4) is 0 Å². The van der Waals surface area contributed by atoms with Crippen molar-refractivity contribution in [1.82, 2.24) is 15.1 Å². The van der Waals surface area contributed by atoms with Gasteiger partial charge in [-0.2, -0.15) is 10.2 Å². The highest BCUT2D eigenvalue weighted by Gasteiger charge is 2.02. The Morgan fingerprint density at radius 1 is 1.47 bits per heavy atom. The third kappa shape index (κ3) is 2.69. The molecule has 7 nitrogen and oxygen atoms in total. The van der Waals surface area contributed by atoms with E-state index in [1.807, 2.05) is 6.07 Å². The molecule has 0 spiro atoms. The Morgan fingerprint density at radius 2 is 2.35 bits per heavy atom. The summed E-state index contributed by atoms with van der Waals surface area (Å²) < 4.78 is 4.61. The summed E-state index contributed by atoms with van der Waals surface area (Å²) in [5.74, 6) is 1.22. The lowest BCUT2D eigenvalue weighted by atomic mass is 10.3. The summed E-state index contributed by atoms with van der Waals surface area (Å²) in [6.45, 7) is 0.599. The van der Waals surface area contributed by atoms with E-state index in [1.54, 1.807) is 12.1 Å². The predicted octanol–water partition coefficient (Wildman–Crippen LogP) is 0.573. The monoisotopic (exact) mass is 230 g/mol. The SMILES string of the molecule is N#Cc1nc(NCCc2ncon2)ccc1N. The molecule has 3 N–H and O–H groups in total. The number of rotatable bonds is 4. The van der Waals surface area contributed by atoms with Crippen LogP contribution in [0.4, 0.5) is 11.5 Å². The van der Waals surface area contributed by atoms with Crippen molar-refractivity contribution in [3.63, 3.8) is 0 Å². The Bertz CT molecular complexity index is 530. The van der Waals surface area contributed by atoms with Crippen molar-refractivity contribution < 1.29 is 4.52 Å². The summed E-state index contributed by atoms with van der Waals surface area (Å²) in [4.78, 5) is 7.93. The number of nitrogens with zero attached hydrogens (tertiary/aromatic N) is 4. The van der Waals surface area contributed by atoms with Gasteiger partial charge in [-0.25, -0.2) is 4.98 Å². The van der Waals surface area contributed by atoms with Crippen molar-refractivity contribution in [3.8, 4) is 6.07 Å². The van der Waals surface area contributed by atoms with E-state index in [0.29, 0.717) is 30.3 Å². The van der Waals surface area contributed by atoms with Crippen molar-refractivity contribution in [1.29, 1.82) is 5.26 Å². The quantitative estimate of drug-likeness (QED) is 0.789. The summed E-state index contributed by atoms with van der Waals surface area (Å²) in [6.07, 6.45) is 1.90. The fourth-order valence-electron chi connectivity index (χ4n) is 1.26. The van der Waals surface area contributed by atoms with Gasteiger partial charge in [0.2, 0.25) is 6.39 Å². The molecule has 0 saturated heterocycles. The summed E-state index contributed by atoms with van der Waals surface area (Å²) in [5.41, 5.74) is 6.15. The maximum absolute atomic E-state index is 8.77. The van der Waals surface area contributed by atoms with E-state index >= 15 is 0 Å². The second-order valence-electron chi connectivity index (χ2n) is 3.27. The molecule has 0 aromatic carbocycles. The molecule has 86 valence electrons. The fraction of sp³-hybridized carbons (Fsp3) is 0.200. The van der Waals surface area contributed by atoms with Gasteiger partial charge >= 0.3 is 0 Å². The Balaban J connectivity index is 1.93. The van der Waals surface area contributed by atoms with Crippen LogP contribution in [0.15, 0.2) is 23.0 Å². The van der Waals surface area contributed by atoms with Crippen LogP contribution in [0, 0.1) is 11.3 Å². The van der Waals surface area contributed by atoms with Gasteiger partial charge in [-0.15, -0.1) is 0 Å². The predicted molar refractivity (Wildman–Crippen MR) is 59.9 cm³/mol. The number of nitrogen functional groups attached to an aromatic ring is 1. The smallest absolute Gasteiger partial charge is 0.213 e. The highest BCUT2D eigenvalue weighted by Crippen LogP contribution is 2.11. The van der Waals surface area contributed by atoms with Crippen molar-refractivity contribution in [2.75, 3.05) is 17.6 Å². The first-order valence-corrected chi connectivity index (χ1v) is 4.95. The lowest BCUT2D eigenvalue weighted by Crippen LogP contribution is -2.08. The van der Waals surface area contributed by atoms with Gasteiger partial charge in [0, 0.05) is 13.0 Å². The van der Waals surface area contributed by atoms with E-state index in [9.17, 15) is 0 Å². The molecule has 0 amide bonds. The van der Waals surface area contributed by atoms with Crippen LogP contribution in [0.1, 0.15) is 11.5 Å². The van der Waals surface area contributed by atoms with Crippen LogP contribution >= 0.6 is 0 Å². The van der Waals surface area contributed by atoms with E-state index < -0.39 is 0 Å². The van der Waals surface area contributed by atoms with Crippen LogP contribution < -0.4 is 11.1 Å². The first-order chi connectivity index (χ1) is 8.29. The number of hydrogen-bond acceptors (Lipinski definition) is 7.